The van der Waals surface area contributed by atoms with Gasteiger partial charge >= 0.3 is 0 Å². The molecule has 1 aromatic carbocycles. The van der Waals surface area contributed by atoms with Crippen molar-refractivity contribution in [1.82, 2.24) is 10.3 Å². The summed E-state index contributed by atoms with van der Waals surface area (Å²) in [5.41, 5.74) is 2.11. The van der Waals surface area contributed by atoms with Gasteiger partial charge in [-0.2, -0.15) is 0 Å². The second kappa shape index (κ2) is 7.81. The van der Waals surface area contributed by atoms with Gasteiger partial charge in [0.15, 0.2) is 0 Å². The van der Waals surface area contributed by atoms with E-state index in [1.165, 1.54) is 5.56 Å². The summed E-state index contributed by atoms with van der Waals surface area (Å²) in [5, 5.41) is 4.74. The molecule has 20 heavy (non-hydrogen) atoms. The van der Waals surface area contributed by atoms with E-state index in [2.05, 4.69) is 38.4 Å². The number of nitrogens with one attached hydrogen (secondary N) is 1. The summed E-state index contributed by atoms with van der Waals surface area (Å²) in [5.74, 6) is 0.920. The lowest BCUT2D eigenvalue weighted by molar-refractivity contribution is -0.120. The van der Waals surface area contributed by atoms with Crippen LogP contribution >= 0.6 is 39.0 Å². The minimum Gasteiger partial charge on any atom is -0.356 e. The van der Waals surface area contributed by atoms with E-state index < -0.39 is 0 Å². The van der Waals surface area contributed by atoms with E-state index in [9.17, 15) is 4.79 Å². The van der Waals surface area contributed by atoms with Crippen LogP contribution in [0.2, 0.25) is 0 Å². The number of aromatic nitrogens is 1. The Bertz CT molecular complexity index is 569. The average molecular weight is 371 g/mol. The van der Waals surface area contributed by atoms with Gasteiger partial charge in [-0.3, -0.25) is 4.79 Å². The molecule has 0 aliphatic rings. The second-order valence-electron chi connectivity index (χ2n) is 4.15. The highest BCUT2D eigenvalue weighted by molar-refractivity contribution is 9.10. The Balaban J connectivity index is 1.86. The predicted molar refractivity (Wildman–Crippen MR) is 88.2 cm³/mol. The topological polar surface area (TPSA) is 42.0 Å². The van der Waals surface area contributed by atoms with Crippen LogP contribution in [0, 0.1) is 0 Å². The third-order valence-electron chi connectivity index (χ3n) is 2.52. The Morgan fingerprint density at radius 3 is 2.85 bits per heavy atom. The van der Waals surface area contributed by atoms with Gasteiger partial charge in [-0.15, -0.1) is 11.3 Å². The number of amides is 1. The highest BCUT2D eigenvalue weighted by atomic mass is 79.9. The first-order valence-corrected chi connectivity index (χ1v) is 8.91. The molecule has 106 valence electrons. The maximum absolute atomic E-state index is 11.5. The molecule has 0 saturated carbocycles. The number of nitrogens with zero attached hydrogens (tertiary/aromatic N) is 1. The molecule has 0 aliphatic carbocycles. The van der Waals surface area contributed by atoms with E-state index >= 15 is 0 Å². The molecule has 3 nitrogen and oxygen atoms in total. The summed E-state index contributed by atoms with van der Waals surface area (Å²) in [6.45, 7) is 2.58. The van der Waals surface area contributed by atoms with E-state index in [1.807, 2.05) is 24.4 Å². The summed E-state index contributed by atoms with van der Waals surface area (Å²) in [6.07, 6.45) is 0.364. The van der Waals surface area contributed by atoms with Crippen molar-refractivity contribution in [3.05, 3.63) is 45.4 Å². The molecule has 0 bridgehead atoms. The summed E-state index contributed by atoms with van der Waals surface area (Å²) in [6, 6.07) is 8.27. The van der Waals surface area contributed by atoms with Crippen LogP contribution < -0.4 is 5.32 Å². The van der Waals surface area contributed by atoms with E-state index in [-0.39, 0.29) is 5.91 Å². The number of rotatable bonds is 6. The molecule has 1 N–H and O–H groups in total. The minimum absolute atomic E-state index is 0.0299. The van der Waals surface area contributed by atoms with Crippen molar-refractivity contribution in [2.24, 2.45) is 0 Å². The lowest BCUT2D eigenvalue weighted by Gasteiger charge is -1.99. The van der Waals surface area contributed by atoms with Crippen LogP contribution in [0.15, 0.2) is 38.5 Å². The smallest absolute Gasteiger partial charge is 0.226 e. The highest BCUT2D eigenvalue weighted by Crippen LogP contribution is 2.26. The van der Waals surface area contributed by atoms with Gasteiger partial charge in [0.05, 0.1) is 12.1 Å². The van der Waals surface area contributed by atoms with Crippen molar-refractivity contribution < 1.29 is 4.79 Å². The van der Waals surface area contributed by atoms with Crippen LogP contribution in [0.1, 0.15) is 18.2 Å². The number of thioether (sulfide) groups is 1. The van der Waals surface area contributed by atoms with Gasteiger partial charge in [-0.1, -0.05) is 39.8 Å². The van der Waals surface area contributed by atoms with Gasteiger partial charge < -0.3 is 5.32 Å². The van der Waals surface area contributed by atoms with Crippen LogP contribution in [0.4, 0.5) is 0 Å². The van der Waals surface area contributed by atoms with Gasteiger partial charge in [0.25, 0.3) is 0 Å². The fourth-order valence-electron chi connectivity index (χ4n) is 1.59. The molecule has 0 spiro atoms. The predicted octanol–water partition coefficient (Wildman–Crippen LogP) is 3.88. The van der Waals surface area contributed by atoms with Crippen molar-refractivity contribution in [2.75, 3.05) is 6.54 Å². The first kappa shape index (κ1) is 15.5. The minimum atomic E-state index is 0.0299. The number of halogens is 1. The van der Waals surface area contributed by atoms with Gasteiger partial charge in [-0.25, -0.2) is 4.98 Å². The summed E-state index contributed by atoms with van der Waals surface area (Å²) in [7, 11) is 0. The maximum atomic E-state index is 11.5. The number of carbonyl (C=O) groups is 1. The second-order valence-corrected chi connectivity index (χ2v) is 7.15. The lowest BCUT2D eigenvalue weighted by atomic mass is 10.2. The molecule has 1 aromatic heterocycles. The molecular formula is C14H15BrN2OS2. The molecule has 1 amide bonds. The fraction of sp³-hybridized carbons (Fsp3) is 0.286. The summed E-state index contributed by atoms with van der Waals surface area (Å²) < 4.78 is 2.09. The monoisotopic (exact) mass is 370 g/mol. The van der Waals surface area contributed by atoms with Gasteiger partial charge in [0.2, 0.25) is 5.91 Å². The van der Waals surface area contributed by atoms with Crippen molar-refractivity contribution >= 4 is 44.9 Å². The van der Waals surface area contributed by atoms with Crippen molar-refractivity contribution in [1.29, 1.82) is 0 Å². The number of likely N-dealkylation sites (N-methyl/N-ethyl adjacent to an activating group) is 1. The van der Waals surface area contributed by atoms with Crippen molar-refractivity contribution in [3.8, 4) is 0 Å². The van der Waals surface area contributed by atoms with E-state index in [0.717, 1.165) is 20.3 Å². The Kier molecular flexibility index (Phi) is 6.06. The molecule has 0 radical (unpaired) electrons. The van der Waals surface area contributed by atoms with Gasteiger partial charge in [-0.05, 0) is 24.6 Å². The van der Waals surface area contributed by atoms with Crippen LogP contribution in [-0.2, 0) is 17.0 Å². The Hall–Kier alpha value is -0.850. The Labute approximate surface area is 135 Å². The van der Waals surface area contributed by atoms with E-state index in [0.29, 0.717) is 13.0 Å². The molecule has 0 atom stereocenters. The third-order valence-corrected chi connectivity index (χ3v) is 5.19. The molecule has 1 heterocycles. The molecule has 2 rings (SSSR count). The van der Waals surface area contributed by atoms with Crippen molar-refractivity contribution in [2.45, 2.75) is 23.4 Å². The summed E-state index contributed by atoms with van der Waals surface area (Å²) in [4.78, 5) is 16.0. The van der Waals surface area contributed by atoms with Crippen LogP contribution in [0.3, 0.4) is 0 Å². The largest absolute Gasteiger partial charge is 0.356 e. The SMILES string of the molecule is CCNC(=O)Cc1csc(SCc2ccc(Br)cc2)n1. The normalized spacial score (nSPS) is 10.5. The number of carbonyl (C=O) groups excluding carboxylic acids is 1. The number of benzene rings is 1. The Morgan fingerprint density at radius 1 is 1.40 bits per heavy atom. The summed E-state index contributed by atoms with van der Waals surface area (Å²) >= 11 is 6.72. The first-order chi connectivity index (χ1) is 9.67. The number of hydrogen-bond donors (Lipinski definition) is 1. The van der Waals surface area contributed by atoms with Gasteiger partial charge in [0, 0.05) is 22.2 Å². The van der Waals surface area contributed by atoms with E-state index in [4.69, 9.17) is 0 Å². The maximum Gasteiger partial charge on any atom is 0.226 e. The standard InChI is InChI=1S/C14H15BrN2OS2/c1-2-16-13(18)7-12-9-20-14(17-12)19-8-10-3-5-11(15)6-4-10/h3-6,9H,2,7-8H2,1H3,(H,16,18). The molecule has 0 fully saturated rings. The zero-order valence-corrected chi connectivity index (χ0v) is 14.3. The van der Waals surface area contributed by atoms with Crippen LogP contribution in [-0.4, -0.2) is 17.4 Å². The molecule has 0 aliphatic heterocycles. The van der Waals surface area contributed by atoms with Gasteiger partial charge in [0.1, 0.15) is 4.34 Å². The van der Waals surface area contributed by atoms with E-state index in [1.54, 1.807) is 23.1 Å². The van der Waals surface area contributed by atoms with Crippen LogP contribution in [0.5, 0.6) is 0 Å². The zero-order valence-electron chi connectivity index (χ0n) is 11.1. The van der Waals surface area contributed by atoms with Crippen molar-refractivity contribution in [3.63, 3.8) is 0 Å². The fourth-order valence-corrected chi connectivity index (χ4v) is 3.65. The Morgan fingerprint density at radius 2 is 2.15 bits per heavy atom. The molecule has 0 unspecified atom stereocenters. The zero-order chi connectivity index (χ0) is 14.4. The first-order valence-electron chi connectivity index (χ1n) is 6.25. The van der Waals surface area contributed by atoms with Crippen LogP contribution in [0.25, 0.3) is 0 Å². The quantitative estimate of drug-likeness (QED) is 0.784. The third kappa shape index (κ3) is 4.92. The molecule has 2 aromatic rings. The molecular weight excluding hydrogens is 356 g/mol. The molecule has 6 heteroatoms. The number of thiazole rings is 1. The average Bonchev–Trinajstić information content (AvgIpc) is 2.86. The number of hydrogen-bond acceptors (Lipinski definition) is 4. The lowest BCUT2D eigenvalue weighted by Crippen LogP contribution is -2.24. The highest BCUT2D eigenvalue weighted by Gasteiger charge is 2.07. The molecule has 0 saturated heterocycles.